The number of ether oxygens (including phenoxy) is 1. The van der Waals surface area contributed by atoms with Crippen molar-refractivity contribution in [1.82, 2.24) is 15.3 Å². The summed E-state index contributed by atoms with van der Waals surface area (Å²) in [5.41, 5.74) is 1.82. The molecule has 1 heterocycles. The Hall–Kier alpha value is -1.00. The van der Waals surface area contributed by atoms with Crippen molar-refractivity contribution in [3.8, 4) is 0 Å². The first-order valence-electron chi connectivity index (χ1n) is 7.19. The van der Waals surface area contributed by atoms with Gasteiger partial charge in [-0.2, -0.15) is 0 Å². The van der Waals surface area contributed by atoms with Crippen LogP contribution in [0.15, 0.2) is 6.20 Å². The molecule has 19 heavy (non-hydrogen) atoms. The third-order valence-electron chi connectivity index (χ3n) is 3.89. The van der Waals surface area contributed by atoms with Crippen molar-refractivity contribution < 1.29 is 4.74 Å². The second kappa shape index (κ2) is 6.96. The standard InChI is InChI=1S/C15H27N3O/c1-7-15(8-2,19-9-3)14-17-10-13(11(4)16-6)12(5)18-14/h10-11,16H,7-9H2,1-6H3. The van der Waals surface area contributed by atoms with Crippen LogP contribution in [0.3, 0.4) is 0 Å². The summed E-state index contributed by atoms with van der Waals surface area (Å²) in [4.78, 5) is 9.26. The maximum Gasteiger partial charge on any atom is 0.160 e. The molecule has 0 saturated carbocycles. The van der Waals surface area contributed by atoms with E-state index in [1.165, 1.54) is 0 Å². The molecule has 0 amide bonds. The van der Waals surface area contributed by atoms with Crippen LogP contribution in [-0.2, 0) is 10.3 Å². The first kappa shape index (κ1) is 16.1. The molecule has 1 rings (SSSR count). The van der Waals surface area contributed by atoms with Crippen LogP contribution in [0.25, 0.3) is 0 Å². The van der Waals surface area contributed by atoms with E-state index in [9.17, 15) is 0 Å². The van der Waals surface area contributed by atoms with Crippen LogP contribution in [0, 0.1) is 6.92 Å². The summed E-state index contributed by atoms with van der Waals surface area (Å²) in [5, 5.41) is 3.22. The normalized spacial score (nSPS) is 13.6. The summed E-state index contributed by atoms with van der Waals surface area (Å²) >= 11 is 0. The van der Waals surface area contributed by atoms with Crippen molar-refractivity contribution in [3.63, 3.8) is 0 Å². The van der Waals surface area contributed by atoms with Gasteiger partial charge >= 0.3 is 0 Å². The fourth-order valence-electron chi connectivity index (χ4n) is 2.39. The molecule has 1 unspecified atom stereocenters. The highest BCUT2D eigenvalue weighted by molar-refractivity contribution is 5.21. The van der Waals surface area contributed by atoms with Crippen LogP contribution in [-0.4, -0.2) is 23.6 Å². The Morgan fingerprint density at radius 1 is 1.32 bits per heavy atom. The number of rotatable bonds is 7. The summed E-state index contributed by atoms with van der Waals surface area (Å²) < 4.78 is 5.96. The van der Waals surface area contributed by atoms with Gasteiger partial charge in [0.25, 0.3) is 0 Å². The quantitative estimate of drug-likeness (QED) is 0.823. The van der Waals surface area contributed by atoms with E-state index in [1.807, 2.05) is 27.1 Å². The third-order valence-corrected chi connectivity index (χ3v) is 3.89. The highest BCUT2D eigenvalue weighted by atomic mass is 16.5. The van der Waals surface area contributed by atoms with E-state index in [-0.39, 0.29) is 11.6 Å². The van der Waals surface area contributed by atoms with Crippen molar-refractivity contribution in [2.45, 2.75) is 59.1 Å². The molecule has 4 heteroatoms. The molecule has 0 fully saturated rings. The van der Waals surface area contributed by atoms with Crippen molar-refractivity contribution in [2.24, 2.45) is 0 Å². The van der Waals surface area contributed by atoms with Gasteiger partial charge in [0, 0.05) is 30.1 Å². The molecule has 1 N–H and O–H groups in total. The fraction of sp³-hybridized carbons (Fsp3) is 0.733. The molecule has 0 spiro atoms. The number of aryl methyl sites for hydroxylation is 1. The summed E-state index contributed by atoms with van der Waals surface area (Å²) in [6.45, 7) is 11.1. The minimum atomic E-state index is -0.346. The summed E-state index contributed by atoms with van der Waals surface area (Å²) in [6, 6.07) is 0.263. The molecule has 0 aliphatic rings. The molecule has 0 radical (unpaired) electrons. The summed E-state index contributed by atoms with van der Waals surface area (Å²) in [7, 11) is 1.95. The number of hydrogen-bond donors (Lipinski definition) is 1. The van der Waals surface area contributed by atoms with E-state index in [0.29, 0.717) is 6.61 Å². The van der Waals surface area contributed by atoms with Gasteiger partial charge in [0.05, 0.1) is 0 Å². The van der Waals surface area contributed by atoms with Gasteiger partial charge in [-0.3, -0.25) is 0 Å². The molecule has 0 saturated heterocycles. The molecular formula is C15H27N3O. The zero-order valence-corrected chi connectivity index (χ0v) is 13.1. The first-order valence-corrected chi connectivity index (χ1v) is 7.19. The fourth-order valence-corrected chi connectivity index (χ4v) is 2.39. The van der Waals surface area contributed by atoms with E-state index >= 15 is 0 Å². The lowest BCUT2D eigenvalue weighted by molar-refractivity contribution is -0.0573. The Morgan fingerprint density at radius 2 is 1.95 bits per heavy atom. The molecule has 1 aromatic heterocycles. The van der Waals surface area contributed by atoms with E-state index in [1.54, 1.807) is 0 Å². The van der Waals surface area contributed by atoms with Gasteiger partial charge in [-0.25, -0.2) is 9.97 Å². The molecule has 0 bridgehead atoms. The SMILES string of the molecule is CCOC(CC)(CC)c1ncc(C(C)NC)c(C)n1. The maximum atomic E-state index is 5.96. The van der Waals surface area contributed by atoms with Crippen molar-refractivity contribution in [2.75, 3.05) is 13.7 Å². The molecule has 0 aromatic carbocycles. The van der Waals surface area contributed by atoms with E-state index in [0.717, 1.165) is 29.9 Å². The molecule has 0 aliphatic heterocycles. The zero-order chi connectivity index (χ0) is 14.5. The van der Waals surface area contributed by atoms with E-state index < -0.39 is 0 Å². The Morgan fingerprint density at radius 3 is 2.37 bits per heavy atom. The predicted octanol–water partition coefficient (Wildman–Crippen LogP) is 3.12. The number of nitrogens with zero attached hydrogens (tertiary/aromatic N) is 2. The van der Waals surface area contributed by atoms with Gasteiger partial charge in [-0.05, 0) is 40.7 Å². The van der Waals surface area contributed by atoms with Crippen LogP contribution in [0.2, 0.25) is 0 Å². The molecular weight excluding hydrogens is 238 g/mol. The van der Waals surface area contributed by atoms with Gasteiger partial charge in [0.15, 0.2) is 5.82 Å². The number of aromatic nitrogens is 2. The van der Waals surface area contributed by atoms with E-state index in [2.05, 4.69) is 31.1 Å². The van der Waals surface area contributed by atoms with Crippen LogP contribution in [0.1, 0.15) is 63.7 Å². The maximum absolute atomic E-state index is 5.96. The lowest BCUT2D eigenvalue weighted by Crippen LogP contribution is -2.31. The first-order chi connectivity index (χ1) is 9.04. The Bertz CT molecular complexity index is 402. The number of hydrogen-bond acceptors (Lipinski definition) is 4. The van der Waals surface area contributed by atoms with E-state index in [4.69, 9.17) is 9.72 Å². The third kappa shape index (κ3) is 3.31. The molecule has 0 aliphatic carbocycles. The zero-order valence-electron chi connectivity index (χ0n) is 13.1. The van der Waals surface area contributed by atoms with Gasteiger partial charge in [-0.15, -0.1) is 0 Å². The molecule has 1 atom stereocenters. The average Bonchev–Trinajstić information content (AvgIpc) is 2.44. The van der Waals surface area contributed by atoms with Crippen molar-refractivity contribution in [1.29, 1.82) is 0 Å². The molecule has 4 nitrogen and oxygen atoms in total. The lowest BCUT2D eigenvalue weighted by Gasteiger charge is -2.30. The van der Waals surface area contributed by atoms with Crippen LogP contribution >= 0.6 is 0 Å². The van der Waals surface area contributed by atoms with Gasteiger partial charge in [0.2, 0.25) is 0 Å². The second-order valence-electron chi connectivity index (χ2n) is 4.88. The topological polar surface area (TPSA) is 47.0 Å². The summed E-state index contributed by atoms with van der Waals surface area (Å²) in [5.74, 6) is 0.809. The highest BCUT2D eigenvalue weighted by Crippen LogP contribution is 2.31. The Balaban J connectivity index is 3.17. The lowest BCUT2D eigenvalue weighted by atomic mass is 9.95. The van der Waals surface area contributed by atoms with Crippen LogP contribution in [0.4, 0.5) is 0 Å². The Labute approximate surface area is 117 Å². The van der Waals surface area contributed by atoms with Crippen molar-refractivity contribution >= 4 is 0 Å². The minimum Gasteiger partial charge on any atom is -0.367 e. The highest BCUT2D eigenvalue weighted by Gasteiger charge is 2.32. The second-order valence-corrected chi connectivity index (χ2v) is 4.88. The average molecular weight is 265 g/mol. The van der Waals surface area contributed by atoms with Crippen molar-refractivity contribution in [3.05, 3.63) is 23.3 Å². The number of nitrogens with one attached hydrogen (secondary N) is 1. The van der Waals surface area contributed by atoms with Crippen LogP contribution < -0.4 is 5.32 Å². The van der Waals surface area contributed by atoms with Crippen LogP contribution in [0.5, 0.6) is 0 Å². The molecule has 1 aromatic rings. The Kier molecular flexibility index (Phi) is 5.88. The van der Waals surface area contributed by atoms with Gasteiger partial charge in [-0.1, -0.05) is 13.8 Å². The summed E-state index contributed by atoms with van der Waals surface area (Å²) in [6.07, 6.45) is 3.70. The predicted molar refractivity (Wildman–Crippen MR) is 78.1 cm³/mol. The van der Waals surface area contributed by atoms with Gasteiger partial charge < -0.3 is 10.1 Å². The largest absolute Gasteiger partial charge is 0.367 e. The molecule has 108 valence electrons. The van der Waals surface area contributed by atoms with Gasteiger partial charge in [0.1, 0.15) is 5.60 Å². The minimum absolute atomic E-state index is 0.263. The smallest absolute Gasteiger partial charge is 0.160 e. The monoisotopic (exact) mass is 265 g/mol.